The van der Waals surface area contributed by atoms with Crippen molar-refractivity contribution in [3.8, 4) is 0 Å². The van der Waals surface area contributed by atoms with Crippen LogP contribution in [0.2, 0.25) is 0 Å². The van der Waals surface area contributed by atoms with Crippen LogP contribution in [0.1, 0.15) is 63.4 Å². The van der Waals surface area contributed by atoms with Crippen molar-refractivity contribution in [3.63, 3.8) is 0 Å². The van der Waals surface area contributed by atoms with Gasteiger partial charge in [0.1, 0.15) is 10.4 Å². The minimum absolute atomic E-state index is 0.189. The van der Waals surface area contributed by atoms with E-state index in [-0.39, 0.29) is 32.0 Å². The van der Waals surface area contributed by atoms with Gasteiger partial charge in [-0.3, -0.25) is 4.40 Å². The summed E-state index contributed by atoms with van der Waals surface area (Å²) < 4.78 is 45.1. The Balaban J connectivity index is 1.87. The van der Waals surface area contributed by atoms with E-state index in [4.69, 9.17) is 4.98 Å². The monoisotopic (exact) mass is 463 g/mol. The number of rotatable bonds is 4. The summed E-state index contributed by atoms with van der Waals surface area (Å²) in [4.78, 5) is 11.6. The average molecular weight is 464 g/mol. The minimum atomic E-state index is -2.63. The third kappa shape index (κ3) is 4.30. The van der Waals surface area contributed by atoms with Crippen molar-refractivity contribution >= 4 is 33.9 Å². The van der Waals surface area contributed by atoms with Crippen LogP contribution in [0.15, 0.2) is 18.3 Å². The summed E-state index contributed by atoms with van der Waals surface area (Å²) in [5.41, 5.74) is 4.40. The second-order valence-electron chi connectivity index (χ2n) is 9.78. The molecule has 32 heavy (non-hydrogen) atoms. The van der Waals surface area contributed by atoms with Crippen molar-refractivity contribution < 1.29 is 13.3 Å². The van der Waals surface area contributed by atoms with E-state index >= 15 is 0 Å². The van der Waals surface area contributed by atoms with Gasteiger partial charge in [0.15, 0.2) is 0 Å². The molecule has 2 atom stereocenters. The Morgan fingerprint density at radius 3 is 2.47 bits per heavy atom. The Hall–Kier alpha value is -1.97. The molecule has 0 spiro atoms. The second-order valence-corrected chi connectivity index (χ2v) is 11.8. The van der Waals surface area contributed by atoms with Crippen molar-refractivity contribution in [2.45, 2.75) is 71.1 Å². The van der Waals surface area contributed by atoms with Gasteiger partial charge < -0.3 is 9.45 Å². The highest BCUT2D eigenvalue weighted by Gasteiger charge is 2.36. The topological polar surface area (TPSA) is 68.5 Å². The minimum Gasteiger partial charge on any atom is -0.598 e. The Morgan fingerprint density at radius 1 is 1.19 bits per heavy atom. The molecule has 3 aromatic rings. The zero-order valence-electron chi connectivity index (χ0n) is 19.5. The van der Waals surface area contributed by atoms with Gasteiger partial charge in [0.2, 0.25) is 5.95 Å². The molecule has 6 nitrogen and oxygen atoms in total. The third-order valence-electron chi connectivity index (χ3n) is 5.96. The smallest absolute Gasteiger partial charge is 0.251 e. The fourth-order valence-electron chi connectivity index (χ4n) is 4.11. The van der Waals surface area contributed by atoms with Crippen molar-refractivity contribution in [1.29, 1.82) is 0 Å². The third-order valence-corrected chi connectivity index (χ3v) is 7.64. The van der Waals surface area contributed by atoms with Gasteiger partial charge in [-0.25, -0.2) is 18.7 Å². The second kappa shape index (κ2) is 8.11. The summed E-state index contributed by atoms with van der Waals surface area (Å²) in [7, 11) is 0. The summed E-state index contributed by atoms with van der Waals surface area (Å²) in [6.07, 6.45) is 1.41. The highest BCUT2D eigenvalue weighted by atomic mass is 32.2. The normalized spacial score (nSPS) is 19.0. The van der Waals surface area contributed by atoms with Crippen LogP contribution in [-0.2, 0) is 11.4 Å². The molecule has 1 aromatic carbocycles. The Bertz CT molecular complexity index is 1150. The molecule has 1 fully saturated rings. The van der Waals surface area contributed by atoms with Crippen LogP contribution in [-0.4, -0.2) is 42.7 Å². The predicted octanol–water partition coefficient (Wildman–Crippen LogP) is 4.85. The molecule has 1 aliphatic heterocycles. The lowest BCUT2D eigenvalue weighted by Gasteiger charge is -2.33. The number of nitrogens with zero attached hydrogens (tertiary/aromatic N) is 4. The van der Waals surface area contributed by atoms with E-state index in [2.05, 4.69) is 15.8 Å². The van der Waals surface area contributed by atoms with Gasteiger partial charge in [0, 0.05) is 60.1 Å². The molecule has 9 heteroatoms. The number of aryl methyl sites for hydroxylation is 2. The molecule has 0 aliphatic carbocycles. The lowest BCUT2D eigenvalue weighted by molar-refractivity contribution is -0.0222. The van der Waals surface area contributed by atoms with Crippen molar-refractivity contribution in [2.75, 3.05) is 18.0 Å². The molecule has 1 saturated heterocycles. The van der Waals surface area contributed by atoms with E-state index in [1.807, 2.05) is 56.9 Å². The Morgan fingerprint density at radius 2 is 1.84 bits per heavy atom. The van der Waals surface area contributed by atoms with E-state index in [1.54, 1.807) is 6.20 Å². The fourth-order valence-corrected chi connectivity index (χ4v) is 4.91. The number of fused-ring (bicyclic) bond motifs is 3. The first-order valence-electron chi connectivity index (χ1n) is 11.0. The summed E-state index contributed by atoms with van der Waals surface area (Å²) in [5, 5.41) is 0.898. The number of hydrogen-bond donors (Lipinski definition) is 1. The number of halogens is 2. The molecule has 4 rings (SSSR count). The maximum atomic E-state index is 13.8. The molecule has 174 valence electrons. The summed E-state index contributed by atoms with van der Waals surface area (Å²) in [6, 6.07) is 3.88. The first kappa shape index (κ1) is 23.2. The highest BCUT2D eigenvalue weighted by molar-refractivity contribution is 7.90. The van der Waals surface area contributed by atoms with E-state index in [0.29, 0.717) is 5.95 Å². The van der Waals surface area contributed by atoms with Crippen LogP contribution in [0.5, 0.6) is 0 Å². The van der Waals surface area contributed by atoms with Gasteiger partial charge in [-0.15, -0.1) is 4.72 Å². The fraction of sp³-hybridized carbons (Fsp3) is 0.565. The van der Waals surface area contributed by atoms with Crippen molar-refractivity contribution in [2.24, 2.45) is 0 Å². The van der Waals surface area contributed by atoms with Crippen LogP contribution in [0.3, 0.4) is 0 Å². The molecule has 2 aromatic heterocycles. The molecule has 0 saturated carbocycles. The van der Waals surface area contributed by atoms with Gasteiger partial charge in [0.25, 0.3) is 5.92 Å². The van der Waals surface area contributed by atoms with E-state index in [1.165, 1.54) is 0 Å². The maximum Gasteiger partial charge on any atom is 0.251 e. The van der Waals surface area contributed by atoms with Gasteiger partial charge in [-0.2, -0.15) is 0 Å². The van der Waals surface area contributed by atoms with Gasteiger partial charge in [0.05, 0.1) is 11.6 Å². The van der Waals surface area contributed by atoms with Gasteiger partial charge in [-0.1, -0.05) is 6.07 Å². The van der Waals surface area contributed by atoms with E-state index in [9.17, 15) is 13.3 Å². The molecule has 0 bridgehead atoms. The van der Waals surface area contributed by atoms with Crippen LogP contribution in [0.25, 0.3) is 16.6 Å². The summed E-state index contributed by atoms with van der Waals surface area (Å²) in [5.74, 6) is -2.00. The predicted molar refractivity (Wildman–Crippen MR) is 126 cm³/mol. The van der Waals surface area contributed by atoms with E-state index in [0.717, 1.165) is 33.4 Å². The first-order valence-corrected chi connectivity index (χ1v) is 12.1. The molecular formula is C23H31F2N5OS. The SMILES string of the molecule is Cc1cc([C@@H](C)N[S+]([O-])C(C)(C)C)c2nc(N3CCC(F)(F)CC3)n3c(C)cnc3c2c1. The summed E-state index contributed by atoms with van der Waals surface area (Å²) in [6.45, 7) is 12.2. The number of anilines is 1. The lowest BCUT2D eigenvalue weighted by atomic mass is 10.0. The molecule has 3 heterocycles. The van der Waals surface area contributed by atoms with Crippen molar-refractivity contribution in [3.05, 3.63) is 35.2 Å². The largest absolute Gasteiger partial charge is 0.598 e. The highest BCUT2D eigenvalue weighted by Crippen LogP contribution is 2.34. The maximum absolute atomic E-state index is 13.8. The average Bonchev–Trinajstić information content (AvgIpc) is 3.08. The standard InChI is InChI=1S/C23H31F2N5OS/c1-14-11-17(16(3)28-32(31)22(4,5)6)19-18(12-14)20-26-13-15(2)30(20)21(27-19)29-9-7-23(24,25)8-10-29/h11-13,16,28H,7-10H2,1-6H3/t16-,32?/m1/s1. The number of aromatic nitrogens is 3. The molecular weight excluding hydrogens is 432 g/mol. The number of hydrogen-bond acceptors (Lipinski definition) is 5. The molecule has 0 radical (unpaired) electrons. The number of benzene rings is 1. The Kier molecular flexibility index (Phi) is 5.88. The molecule has 1 unspecified atom stereocenters. The van der Waals surface area contributed by atoms with Gasteiger partial charge >= 0.3 is 0 Å². The zero-order valence-corrected chi connectivity index (χ0v) is 20.3. The van der Waals surface area contributed by atoms with Crippen LogP contribution >= 0.6 is 0 Å². The van der Waals surface area contributed by atoms with Gasteiger partial charge in [-0.05, 0) is 53.2 Å². The van der Waals surface area contributed by atoms with Crippen LogP contribution in [0, 0.1) is 13.8 Å². The number of imidazole rings is 1. The van der Waals surface area contributed by atoms with Crippen LogP contribution in [0.4, 0.5) is 14.7 Å². The van der Waals surface area contributed by atoms with E-state index < -0.39 is 22.0 Å². The molecule has 1 N–H and O–H groups in total. The van der Waals surface area contributed by atoms with Crippen molar-refractivity contribution in [1.82, 2.24) is 19.1 Å². The summed E-state index contributed by atoms with van der Waals surface area (Å²) >= 11 is -1.25. The number of nitrogens with one attached hydrogen (secondary N) is 1. The molecule has 1 aliphatic rings. The number of piperidine rings is 1. The number of alkyl halides is 2. The quantitative estimate of drug-likeness (QED) is 0.561. The Labute approximate surface area is 190 Å². The van der Waals surface area contributed by atoms with Crippen LogP contribution < -0.4 is 9.62 Å². The molecule has 0 amide bonds. The lowest BCUT2D eigenvalue weighted by Crippen LogP contribution is -2.41. The first-order chi connectivity index (χ1) is 14.9. The zero-order chi connectivity index (χ0) is 23.4.